The molecule has 0 saturated carbocycles. The lowest BCUT2D eigenvalue weighted by Crippen LogP contribution is -2.36. The van der Waals surface area contributed by atoms with Crippen LogP contribution in [0.5, 0.6) is 0 Å². The first kappa shape index (κ1) is 11.8. The average Bonchev–Trinajstić information content (AvgIpc) is 2.28. The van der Waals surface area contributed by atoms with Gasteiger partial charge in [-0.05, 0) is 0 Å². The second-order valence-corrected chi connectivity index (χ2v) is 2.96. The molecule has 0 bridgehead atoms. The van der Waals surface area contributed by atoms with Crippen molar-refractivity contribution in [3.63, 3.8) is 0 Å². The number of aliphatic carboxylic acids is 1. The van der Waals surface area contributed by atoms with Gasteiger partial charge in [-0.25, -0.2) is 4.98 Å². The summed E-state index contributed by atoms with van der Waals surface area (Å²) < 4.78 is 0. The molecule has 84 valence electrons. The molecule has 6 nitrogen and oxygen atoms in total. The van der Waals surface area contributed by atoms with Crippen LogP contribution < -0.4 is 0 Å². The third kappa shape index (κ3) is 3.16. The third-order valence-corrected chi connectivity index (χ3v) is 1.75. The highest BCUT2D eigenvalue weighted by Crippen LogP contribution is 1.99. The number of nitrogens with zero attached hydrogens (tertiary/aromatic N) is 3. The summed E-state index contributed by atoms with van der Waals surface area (Å²) >= 11 is 0. The SMILES string of the molecule is C=CCN(CC(=O)O)C(=O)c1cnccn1. The van der Waals surface area contributed by atoms with Crippen LogP contribution in [-0.2, 0) is 4.79 Å². The fourth-order valence-electron chi connectivity index (χ4n) is 1.11. The summed E-state index contributed by atoms with van der Waals surface area (Å²) in [7, 11) is 0. The molecule has 0 aliphatic heterocycles. The van der Waals surface area contributed by atoms with Crippen molar-refractivity contribution >= 4 is 11.9 Å². The minimum Gasteiger partial charge on any atom is -0.480 e. The average molecular weight is 221 g/mol. The smallest absolute Gasteiger partial charge is 0.323 e. The van der Waals surface area contributed by atoms with E-state index in [1.165, 1.54) is 24.7 Å². The van der Waals surface area contributed by atoms with E-state index in [2.05, 4.69) is 16.5 Å². The van der Waals surface area contributed by atoms with E-state index < -0.39 is 11.9 Å². The van der Waals surface area contributed by atoms with E-state index in [1.807, 2.05) is 0 Å². The summed E-state index contributed by atoms with van der Waals surface area (Å²) in [5, 5.41) is 8.64. The van der Waals surface area contributed by atoms with Crippen molar-refractivity contribution in [1.82, 2.24) is 14.9 Å². The Morgan fingerprint density at radius 2 is 2.25 bits per heavy atom. The Kier molecular flexibility index (Phi) is 4.14. The van der Waals surface area contributed by atoms with Gasteiger partial charge in [0.1, 0.15) is 12.2 Å². The van der Waals surface area contributed by atoms with Gasteiger partial charge in [0.05, 0.1) is 6.20 Å². The topological polar surface area (TPSA) is 83.4 Å². The molecule has 0 fully saturated rings. The number of hydrogen-bond donors (Lipinski definition) is 1. The summed E-state index contributed by atoms with van der Waals surface area (Å²) in [4.78, 5) is 31.0. The number of rotatable bonds is 5. The molecule has 1 amide bonds. The van der Waals surface area contributed by atoms with E-state index >= 15 is 0 Å². The molecule has 0 aliphatic carbocycles. The van der Waals surface area contributed by atoms with Gasteiger partial charge < -0.3 is 10.0 Å². The number of aromatic nitrogens is 2. The van der Waals surface area contributed by atoms with Gasteiger partial charge in [-0.15, -0.1) is 6.58 Å². The van der Waals surface area contributed by atoms with Crippen molar-refractivity contribution in [1.29, 1.82) is 0 Å². The first-order valence-electron chi connectivity index (χ1n) is 4.53. The monoisotopic (exact) mass is 221 g/mol. The highest BCUT2D eigenvalue weighted by atomic mass is 16.4. The molecule has 1 aromatic rings. The summed E-state index contributed by atoms with van der Waals surface area (Å²) in [6.45, 7) is 3.23. The highest BCUT2D eigenvalue weighted by Gasteiger charge is 2.18. The van der Waals surface area contributed by atoms with Crippen molar-refractivity contribution in [2.75, 3.05) is 13.1 Å². The molecule has 1 N–H and O–H groups in total. The van der Waals surface area contributed by atoms with Crippen LogP contribution in [0.1, 0.15) is 10.5 Å². The standard InChI is InChI=1S/C10H11N3O3/c1-2-5-13(7-9(14)15)10(16)8-6-11-3-4-12-8/h2-4,6H,1,5,7H2,(H,14,15). The molecule has 6 heteroatoms. The number of carbonyl (C=O) groups excluding carboxylic acids is 1. The van der Waals surface area contributed by atoms with E-state index in [0.717, 1.165) is 4.90 Å². The van der Waals surface area contributed by atoms with Gasteiger partial charge >= 0.3 is 5.97 Å². The number of carboxylic acid groups (broad SMARTS) is 1. The Balaban J connectivity index is 2.82. The van der Waals surface area contributed by atoms with E-state index in [-0.39, 0.29) is 18.8 Å². The van der Waals surface area contributed by atoms with E-state index in [4.69, 9.17) is 5.11 Å². The molecule has 0 aliphatic rings. The minimum atomic E-state index is -1.08. The van der Waals surface area contributed by atoms with Crippen molar-refractivity contribution in [3.8, 4) is 0 Å². The van der Waals surface area contributed by atoms with Crippen molar-refractivity contribution < 1.29 is 14.7 Å². The lowest BCUT2D eigenvalue weighted by molar-refractivity contribution is -0.137. The first-order chi connectivity index (χ1) is 7.65. The van der Waals surface area contributed by atoms with Crippen LogP contribution in [0.2, 0.25) is 0 Å². The van der Waals surface area contributed by atoms with Crippen LogP contribution in [0.25, 0.3) is 0 Å². The van der Waals surface area contributed by atoms with Crippen molar-refractivity contribution in [3.05, 3.63) is 36.9 Å². The van der Waals surface area contributed by atoms with Crippen LogP contribution in [0.15, 0.2) is 31.2 Å². The molecular formula is C10H11N3O3. The lowest BCUT2D eigenvalue weighted by Gasteiger charge is -2.17. The Morgan fingerprint density at radius 1 is 1.50 bits per heavy atom. The van der Waals surface area contributed by atoms with Crippen LogP contribution in [0.4, 0.5) is 0 Å². The Bertz CT molecular complexity index is 392. The fourth-order valence-corrected chi connectivity index (χ4v) is 1.11. The maximum absolute atomic E-state index is 11.8. The number of hydrogen-bond acceptors (Lipinski definition) is 4. The molecule has 0 unspecified atom stereocenters. The predicted molar refractivity (Wildman–Crippen MR) is 55.8 cm³/mol. The van der Waals surface area contributed by atoms with Crippen molar-refractivity contribution in [2.24, 2.45) is 0 Å². The van der Waals surface area contributed by atoms with Gasteiger partial charge in [0.25, 0.3) is 5.91 Å². The second kappa shape index (κ2) is 5.59. The summed E-state index contributed by atoms with van der Waals surface area (Å²) in [6.07, 6.45) is 5.56. The molecule has 16 heavy (non-hydrogen) atoms. The minimum absolute atomic E-state index is 0.116. The molecular weight excluding hydrogens is 210 g/mol. The van der Waals surface area contributed by atoms with Crippen LogP contribution in [0.3, 0.4) is 0 Å². The Labute approximate surface area is 92.2 Å². The molecule has 1 heterocycles. The quantitative estimate of drug-likeness (QED) is 0.717. The van der Waals surface area contributed by atoms with E-state index in [1.54, 1.807) is 0 Å². The Hall–Kier alpha value is -2.24. The van der Waals surface area contributed by atoms with Gasteiger partial charge in [-0.2, -0.15) is 0 Å². The van der Waals surface area contributed by atoms with Crippen LogP contribution >= 0.6 is 0 Å². The summed E-state index contributed by atoms with van der Waals surface area (Å²) in [6, 6.07) is 0. The molecule has 1 rings (SSSR count). The summed E-state index contributed by atoms with van der Waals surface area (Å²) in [5.41, 5.74) is 0.116. The molecule has 0 aromatic carbocycles. The predicted octanol–water partition coefficient (Wildman–Crippen LogP) is 0.189. The maximum Gasteiger partial charge on any atom is 0.323 e. The number of amides is 1. The zero-order valence-corrected chi connectivity index (χ0v) is 8.54. The fraction of sp³-hybridized carbons (Fsp3) is 0.200. The third-order valence-electron chi connectivity index (χ3n) is 1.75. The van der Waals surface area contributed by atoms with E-state index in [0.29, 0.717) is 0 Å². The normalized spacial score (nSPS) is 9.50. The molecule has 0 radical (unpaired) electrons. The lowest BCUT2D eigenvalue weighted by atomic mass is 10.3. The first-order valence-corrected chi connectivity index (χ1v) is 4.53. The summed E-state index contributed by atoms with van der Waals surface area (Å²) in [5.74, 6) is -1.56. The van der Waals surface area contributed by atoms with Gasteiger partial charge in [-0.1, -0.05) is 6.08 Å². The highest BCUT2D eigenvalue weighted by molar-refractivity contribution is 5.93. The van der Waals surface area contributed by atoms with Crippen LogP contribution in [-0.4, -0.2) is 44.9 Å². The van der Waals surface area contributed by atoms with Crippen LogP contribution in [0, 0.1) is 0 Å². The zero-order chi connectivity index (χ0) is 12.0. The van der Waals surface area contributed by atoms with E-state index in [9.17, 15) is 9.59 Å². The molecule has 0 spiro atoms. The molecule has 0 saturated heterocycles. The van der Waals surface area contributed by atoms with Gasteiger partial charge in [0, 0.05) is 18.9 Å². The second-order valence-electron chi connectivity index (χ2n) is 2.96. The molecule has 1 aromatic heterocycles. The maximum atomic E-state index is 11.8. The van der Waals surface area contributed by atoms with Gasteiger partial charge in [-0.3, -0.25) is 14.6 Å². The zero-order valence-electron chi connectivity index (χ0n) is 8.54. The van der Waals surface area contributed by atoms with Gasteiger partial charge in [0.2, 0.25) is 0 Å². The van der Waals surface area contributed by atoms with Crippen molar-refractivity contribution in [2.45, 2.75) is 0 Å². The number of carboxylic acids is 1. The molecule has 0 atom stereocenters. The van der Waals surface area contributed by atoms with Gasteiger partial charge in [0.15, 0.2) is 0 Å². The largest absolute Gasteiger partial charge is 0.480 e. The Morgan fingerprint density at radius 3 is 2.75 bits per heavy atom. The number of carbonyl (C=O) groups is 2.